The number of benzene rings is 1. The highest BCUT2D eigenvalue weighted by Crippen LogP contribution is 2.40. The largest absolute Gasteiger partial charge is 0.416 e. The Morgan fingerprint density at radius 1 is 1.21 bits per heavy atom. The SMILES string of the molecule is O=C1NC(=O)C(c2ccc(Br)cc2C(F)(F)F)C1Cl. The van der Waals surface area contributed by atoms with Crippen molar-refractivity contribution >= 4 is 39.3 Å². The van der Waals surface area contributed by atoms with Gasteiger partial charge in [-0.3, -0.25) is 14.9 Å². The maximum absolute atomic E-state index is 13.0. The van der Waals surface area contributed by atoms with Crippen LogP contribution in [-0.4, -0.2) is 17.2 Å². The lowest BCUT2D eigenvalue weighted by molar-refractivity contribution is -0.138. The number of imide groups is 1. The highest BCUT2D eigenvalue weighted by Gasteiger charge is 2.45. The van der Waals surface area contributed by atoms with Crippen molar-refractivity contribution in [1.29, 1.82) is 0 Å². The van der Waals surface area contributed by atoms with Crippen LogP contribution in [-0.2, 0) is 15.8 Å². The molecule has 0 saturated carbocycles. The topological polar surface area (TPSA) is 46.2 Å². The third kappa shape index (κ3) is 2.62. The molecule has 0 radical (unpaired) electrons. The Morgan fingerprint density at radius 3 is 2.32 bits per heavy atom. The van der Waals surface area contributed by atoms with E-state index in [1.54, 1.807) is 0 Å². The Hall–Kier alpha value is -1.08. The van der Waals surface area contributed by atoms with E-state index >= 15 is 0 Å². The Bertz CT molecular complexity index is 561. The fourth-order valence-electron chi connectivity index (χ4n) is 1.90. The van der Waals surface area contributed by atoms with Crippen LogP contribution in [0, 0.1) is 0 Å². The molecule has 1 saturated heterocycles. The van der Waals surface area contributed by atoms with Gasteiger partial charge in [0.1, 0.15) is 5.38 Å². The van der Waals surface area contributed by atoms with Crippen molar-refractivity contribution in [1.82, 2.24) is 5.32 Å². The van der Waals surface area contributed by atoms with E-state index in [2.05, 4.69) is 15.9 Å². The Labute approximate surface area is 119 Å². The van der Waals surface area contributed by atoms with E-state index in [0.29, 0.717) is 0 Å². The number of carbonyl (C=O) groups is 2. The molecule has 0 aliphatic carbocycles. The second-order valence-electron chi connectivity index (χ2n) is 3.96. The predicted octanol–water partition coefficient (Wildman–Crippen LogP) is 2.82. The van der Waals surface area contributed by atoms with Gasteiger partial charge in [-0.2, -0.15) is 13.2 Å². The zero-order valence-corrected chi connectivity index (χ0v) is 11.4. The monoisotopic (exact) mass is 355 g/mol. The first-order valence-corrected chi connectivity index (χ1v) is 6.30. The van der Waals surface area contributed by atoms with Crippen LogP contribution >= 0.6 is 27.5 Å². The number of carbonyl (C=O) groups excluding carboxylic acids is 2. The minimum absolute atomic E-state index is 0.222. The highest BCUT2D eigenvalue weighted by molar-refractivity contribution is 9.10. The number of rotatable bonds is 1. The van der Waals surface area contributed by atoms with Gasteiger partial charge in [-0.1, -0.05) is 22.0 Å². The van der Waals surface area contributed by atoms with Crippen molar-refractivity contribution in [3.05, 3.63) is 33.8 Å². The molecule has 2 atom stereocenters. The summed E-state index contributed by atoms with van der Waals surface area (Å²) >= 11 is 8.65. The molecule has 1 heterocycles. The van der Waals surface area contributed by atoms with Crippen molar-refractivity contribution in [3.8, 4) is 0 Å². The molecule has 1 aliphatic rings. The summed E-state index contributed by atoms with van der Waals surface area (Å²) in [6, 6.07) is 3.37. The second kappa shape index (κ2) is 4.79. The lowest BCUT2D eigenvalue weighted by atomic mass is 9.92. The van der Waals surface area contributed by atoms with Gasteiger partial charge in [0.15, 0.2) is 0 Å². The molecular weight excluding hydrogens is 350 g/mol. The van der Waals surface area contributed by atoms with E-state index in [9.17, 15) is 22.8 Å². The zero-order valence-electron chi connectivity index (χ0n) is 9.09. The van der Waals surface area contributed by atoms with E-state index in [4.69, 9.17) is 11.6 Å². The summed E-state index contributed by atoms with van der Waals surface area (Å²) in [6.07, 6.45) is -4.64. The second-order valence-corrected chi connectivity index (χ2v) is 5.35. The van der Waals surface area contributed by atoms with Crippen LogP contribution < -0.4 is 5.32 Å². The first-order chi connectivity index (χ1) is 8.71. The van der Waals surface area contributed by atoms with Crippen molar-refractivity contribution in [2.24, 2.45) is 0 Å². The molecule has 102 valence electrons. The summed E-state index contributed by atoms with van der Waals surface area (Å²) in [7, 11) is 0. The fourth-order valence-corrected chi connectivity index (χ4v) is 2.56. The number of amides is 2. The lowest BCUT2D eigenvalue weighted by Gasteiger charge is -2.17. The molecule has 2 amide bonds. The van der Waals surface area contributed by atoms with E-state index < -0.39 is 34.8 Å². The molecule has 2 rings (SSSR count). The molecule has 1 N–H and O–H groups in total. The fraction of sp³-hybridized carbons (Fsp3) is 0.273. The summed E-state index contributed by atoms with van der Waals surface area (Å²) in [6.45, 7) is 0. The standard InChI is InChI=1S/C11H6BrClF3NO2/c12-4-1-2-5(6(3-4)11(14,15)16)7-8(13)10(19)17-9(7)18/h1-3,7-8H,(H,17,18,19). The quantitative estimate of drug-likeness (QED) is 0.621. The summed E-state index contributed by atoms with van der Waals surface area (Å²) < 4.78 is 39.1. The highest BCUT2D eigenvalue weighted by atomic mass is 79.9. The van der Waals surface area contributed by atoms with Crippen LogP contribution in [0.15, 0.2) is 22.7 Å². The van der Waals surface area contributed by atoms with Gasteiger partial charge in [-0.05, 0) is 17.7 Å². The van der Waals surface area contributed by atoms with E-state index in [-0.39, 0.29) is 10.0 Å². The molecule has 8 heteroatoms. The van der Waals surface area contributed by atoms with E-state index in [0.717, 1.165) is 12.1 Å². The molecule has 1 aromatic carbocycles. The molecule has 1 aromatic rings. The van der Waals surface area contributed by atoms with Gasteiger partial charge in [0.25, 0.3) is 0 Å². The van der Waals surface area contributed by atoms with E-state index in [1.165, 1.54) is 6.07 Å². The average molecular weight is 357 g/mol. The summed E-state index contributed by atoms with van der Waals surface area (Å²) in [4.78, 5) is 22.8. The van der Waals surface area contributed by atoms with Gasteiger partial charge >= 0.3 is 6.18 Å². The zero-order chi connectivity index (χ0) is 14.4. The molecule has 1 fully saturated rings. The van der Waals surface area contributed by atoms with Gasteiger partial charge in [-0.15, -0.1) is 11.6 Å². The third-order valence-corrected chi connectivity index (χ3v) is 3.67. The first-order valence-electron chi connectivity index (χ1n) is 5.07. The maximum atomic E-state index is 13.0. The molecule has 0 bridgehead atoms. The van der Waals surface area contributed by atoms with Gasteiger partial charge in [-0.25, -0.2) is 0 Å². The number of halogens is 5. The third-order valence-electron chi connectivity index (χ3n) is 2.73. The summed E-state index contributed by atoms with van der Waals surface area (Å²) in [5, 5.41) is 0.581. The number of hydrogen-bond donors (Lipinski definition) is 1. The molecule has 2 unspecified atom stereocenters. The Morgan fingerprint density at radius 2 is 1.84 bits per heavy atom. The van der Waals surface area contributed by atoms with Crippen molar-refractivity contribution in [2.75, 3.05) is 0 Å². The average Bonchev–Trinajstić information content (AvgIpc) is 2.53. The molecule has 0 spiro atoms. The molecule has 0 aromatic heterocycles. The molecular formula is C11H6BrClF3NO2. The van der Waals surface area contributed by atoms with Crippen molar-refractivity contribution in [2.45, 2.75) is 17.5 Å². The Kier molecular flexibility index (Phi) is 3.61. The lowest BCUT2D eigenvalue weighted by Crippen LogP contribution is -2.22. The van der Waals surface area contributed by atoms with Crippen LogP contribution in [0.25, 0.3) is 0 Å². The minimum Gasteiger partial charge on any atom is -0.295 e. The molecule has 1 aliphatic heterocycles. The van der Waals surface area contributed by atoms with Gasteiger partial charge in [0, 0.05) is 4.47 Å². The predicted molar refractivity (Wildman–Crippen MR) is 64.7 cm³/mol. The number of hydrogen-bond acceptors (Lipinski definition) is 2. The normalized spacial score (nSPS) is 23.6. The van der Waals surface area contributed by atoms with Crippen LogP contribution in [0.2, 0.25) is 0 Å². The Balaban J connectivity index is 2.57. The molecule has 3 nitrogen and oxygen atoms in total. The molecule has 19 heavy (non-hydrogen) atoms. The summed E-state index contributed by atoms with van der Waals surface area (Å²) in [5.41, 5.74) is -1.29. The summed E-state index contributed by atoms with van der Waals surface area (Å²) in [5.74, 6) is -2.94. The van der Waals surface area contributed by atoms with Crippen molar-refractivity contribution < 1.29 is 22.8 Å². The van der Waals surface area contributed by atoms with Gasteiger partial charge in [0.05, 0.1) is 11.5 Å². The van der Waals surface area contributed by atoms with E-state index in [1.807, 2.05) is 5.32 Å². The van der Waals surface area contributed by atoms with Crippen LogP contribution in [0.3, 0.4) is 0 Å². The first kappa shape index (κ1) is 14.3. The van der Waals surface area contributed by atoms with Gasteiger partial charge in [0.2, 0.25) is 11.8 Å². The number of alkyl halides is 4. The van der Waals surface area contributed by atoms with Crippen LogP contribution in [0.4, 0.5) is 13.2 Å². The van der Waals surface area contributed by atoms with Gasteiger partial charge < -0.3 is 0 Å². The van der Waals surface area contributed by atoms with Crippen molar-refractivity contribution in [3.63, 3.8) is 0 Å². The maximum Gasteiger partial charge on any atom is 0.416 e. The van der Waals surface area contributed by atoms with Crippen LogP contribution in [0.5, 0.6) is 0 Å². The number of nitrogens with one attached hydrogen (secondary N) is 1. The van der Waals surface area contributed by atoms with Crippen LogP contribution in [0.1, 0.15) is 17.0 Å². The minimum atomic E-state index is -4.64. The smallest absolute Gasteiger partial charge is 0.295 e.